The van der Waals surface area contributed by atoms with Crippen LogP contribution in [-0.4, -0.2) is 36.1 Å². The van der Waals surface area contributed by atoms with Crippen molar-refractivity contribution in [1.29, 1.82) is 0 Å². The number of fused-ring (bicyclic) bond motifs is 2. The summed E-state index contributed by atoms with van der Waals surface area (Å²) in [7, 11) is 1.41. The van der Waals surface area contributed by atoms with Gasteiger partial charge in [-0.1, -0.05) is 57.2 Å². The summed E-state index contributed by atoms with van der Waals surface area (Å²) in [5, 5.41) is 1.34. The van der Waals surface area contributed by atoms with E-state index in [1.165, 1.54) is 47.2 Å². The summed E-state index contributed by atoms with van der Waals surface area (Å²) in [6.45, 7) is 9.13. The van der Waals surface area contributed by atoms with Crippen molar-refractivity contribution >= 4 is 22.9 Å². The normalized spacial score (nSPS) is 16.1. The highest BCUT2D eigenvalue weighted by atomic mass is 16.5. The zero-order valence-electron chi connectivity index (χ0n) is 20.4. The van der Waals surface area contributed by atoms with Crippen LogP contribution in [0.1, 0.15) is 61.9 Å². The molecule has 1 aromatic heterocycles. The van der Waals surface area contributed by atoms with Crippen molar-refractivity contribution in [2.45, 2.75) is 52.5 Å². The van der Waals surface area contributed by atoms with E-state index >= 15 is 0 Å². The number of carbonyl (C=O) groups excluding carboxylic acids is 1. The quantitative estimate of drug-likeness (QED) is 0.326. The number of aromatic nitrogens is 1. The van der Waals surface area contributed by atoms with Gasteiger partial charge in [0.15, 0.2) is 0 Å². The van der Waals surface area contributed by atoms with E-state index in [4.69, 9.17) is 4.74 Å². The molecule has 3 aromatic rings. The van der Waals surface area contributed by atoms with E-state index in [-0.39, 0.29) is 5.97 Å². The number of benzene rings is 2. The number of para-hydroxylation sites is 1. The second kappa shape index (κ2) is 9.96. The Bertz CT molecular complexity index is 1140. The third-order valence-corrected chi connectivity index (χ3v) is 6.76. The number of rotatable bonds is 8. The number of H-pyrrole nitrogens is 1. The van der Waals surface area contributed by atoms with Crippen LogP contribution in [0.25, 0.3) is 17.0 Å². The third kappa shape index (κ3) is 5.75. The minimum absolute atomic E-state index is 0.309. The molecule has 1 aliphatic carbocycles. The van der Waals surface area contributed by atoms with Crippen molar-refractivity contribution in [2.75, 3.05) is 20.2 Å². The number of hydrogen-bond donors (Lipinski definition) is 1. The molecule has 174 valence electrons. The molecule has 1 heterocycles. The van der Waals surface area contributed by atoms with Crippen molar-refractivity contribution in [3.05, 3.63) is 77.0 Å². The fourth-order valence-electron chi connectivity index (χ4n) is 4.84. The molecule has 4 nitrogen and oxygen atoms in total. The van der Waals surface area contributed by atoms with Crippen LogP contribution in [0, 0.1) is 5.41 Å². The predicted molar refractivity (Wildman–Crippen MR) is 136 cm³/mol. The zero-order valence-corrected chi connectivity index (χ0v) is 20.4. The Hall–Kier alpha value is -2.85. The number of aryl methyl sites for hydroxylation is 1. The first-order chi connectivity index (χ1) is 15.8. The summed E-state index contributed by atoms with van der Waals surface area (Å²) in [6.07, 6.45) is 9.96. The average Bonchev–Trinajstić information content (AvgIpc) is 3.41. The first-order valence-electron chi connectivity index (χ1n) is 12.0. The zero-order chi connectivity index (χ0) is 23.4. The van der Waals surface area contributed by atoms with Crippen LogP contribution < -0.4 is 0 Å². The van der Waals surface area contributed by atoms with Gasteiger partial charge in [0.1, 0.15) is 0 Å². The Balaban J connectivity index is 1.53. The van der Waals surface area contributed by atoms with E-state index in [1.54, 1.807) is 0 Å². The number of esters is 1. The molecule has 1 unspecified atom stereocenters. The minimum atomic E-state index is -0.320. The maximum absolute atomic E-state index is 11.4. The number of nitrogens with one attached hydrogen (secondary N) is 1. The average molecular weight is 445 g/mol. The van der Waals surface area contributed by atoms with Crippen molar-refractivity contribution in [1.82, 2.24) is 9.88 Å². The minimum Gasteiger partial charge on any atom is -0.466 e. The van der Waals surface area contributed by atoms with Gasteiger partial charge in [-0.25, -0.2) is 4.79 Å². The molecule has 0 saturated carbocycles. The number of hydrogen-bond acceptors (Lipinski definition) is 3. The van der Waals surface area contributed by atoms with Crippen LogP contribution in [0.4, 0.5) is 0 Å². The monoisotopic (exact) mass is 444 g/mol. The van der Waals surface area contributed by atoms with Crippen LogP contribution >= 0.6 is 0 Å². The lowest BCUT2D eigenvalue weighted by molar-refractivity contribution is -0.134. The van der Waals surface area contributed by atoms with E-state index in [0.29, 0.717) is 11.5 Å². The van der Waals surface area contributed by atoms with Crippen molar-refractivity contribution < 1.29 is 9.53 Å². The van der Waals surface area contributed by atoms with E-state index in [0.717, 1.165) is 37.9 Å². The molecule has 1 N–H and O–H groups in total. The fraction of sp³-hybridized carbons (Fsp3) is 0.414. The van der Waals surface area contributed by atoms with E-state index in [1.807, 2.05) is 6.08 Å². The van der Waals surface area contributed by atoms with E-state index in [9.17, 15) is 4.79 Å². The highest BCUT2D eigenvalue weighted by Crippen LogP contribution is 2.37. The molecule has 33 heavy (non-hydrogen) atoms. The summed E-state index contributed by atoms with van der Waals surface area (Å²) in [6, 6.07) is 15.6. The number of nitrogens with zero attached hydrogens (tertiary/aromatic N) is 1. The SMILES string of the molecule is COC(=O)C=Cc1ccc2c(c1)CCC2N(CCc1c[nH]c2ccccc12)CCC(C)(C)C. The summed E-state index contributed by atoms with van der Waals surface area (Å²) < 4.78 is 4.72. The molecule has 0 fully saturated rings. The summed E-state index contributed by atoms with van der Waals surface area (Å²) in [4.78, 5) is 17.6. The first kappa shape index (κ1) is 23.3. The van der Waals surface area contributed by atoms with Crippen molar-refractivity contribution in [3.8, 4) is 0 Å². The van der Waals surface area contributed by atoms with Gasteiger partial charge in [-0.3, -0.25) is 4.90 Å². The second-order valence-corrected chi connectivity index (χ2v) is 10.3. The highest BCUT2D eigenvalue weighted by molar-refractivity contribution is 5.87. The number of carbonyl (C=O) groups is 1. The van der Waals surface area contributed by atoms with Crippen LogP contribution in [0.2, 0.25) is 0 Å². The molecular weight excluding hydrogens is 408 g/mol. The van der Waals surface area contributed by atoms with Crippen LogP contribution in [-0.2, 0) is 22.4 Å². The van der Waals surface area contributed by atoms with Gasteiger partial charge in [-0.15, -0.1) is 0 Å². The van der Waals surface area contributed by atoms with Crippen LogP contribution in [0.5, 0.6) is 0 Å². The van der Waals surface area contributed by atoms with Gasteiger partial charge in [0.05, 0.1) is 7.11 Å². The lowest BCUT2D eigenvalue weighted by atomic mass is 9.91. The number of aromatic amines is 1. The third-order valence-electron chi connectivity index (χ3n) is 6.76. The van der Waals surface area contributed by atoms with Crippen LogP contribution in [0.3, 0.4) is 0 Å². The Labute approximate surface area is 197 Å². The lowest BCUT2D eigenvalue weighted by Crippen LogP contribution is -2.32. The standard InChI is InChI=1S/C29H36N2O2/c1-29(2,3)16-18-31(17-15-23-20-30-26-8-6-5-7-24(23)26)27-13-11-22-19-21(9-12-25(22)27)10-14-28(32)33-4/h5-10,12,14,19-20,27,30H,11,13,15-18H2,1-4H3. The van der Waals surface area contributed by atoms with Gasteiger partial charge in [0.25, 0.3) is 0 Å². The summed E-state index contributed by atoms with van der Waals surface area (Å²) in [5.41, 5.74) is 6.82. The maximum Gasteiger partial charge on any atom is 0.330 e. The molecule has 0 amide bonds. The van der Waals surface area contributed by atoms with Crippen molar-refractivity contribution in [3.63, 3.8) is 0 Å². The molecule has 1 atom stereocenters. The Morgan fingerprint density at radius 1 is 1.18 bits per heavy atom. The molecule has 4 rings (SSSR count). The van der Waals surface area contributed by atoms with Gasteiger partial charge in [-0.2, -0.15) is 0 Å². The molecular formula is C29H36N2O2. The molecule has 1 aliphatic rings. The summed E-state index contributed by atoms with van der Waals surface area (Å²) >= 11 is 0. The van der Waals surface area contributed by atoms with Gasteiger partial charge in [-0.05, 0) is 72.0 Å². The number of methoxy groups -OCH3 is 1. The molecule has 0 spiro atoms. The van der Waals surface area contributed by atoms with Crippen molar-refractivity contribution in [2.24, 2.45) is 5.41 Å². The molecule has 0 saturated heterocycles. The van der Waals surface area contributed by atoms with Gasteiger partial charge in [0, 0.05) is 35.8 Å². The lowest BCUT2D eigenvalue weighted by Gasteiger charge is -2.32. The molecule has 0 radical (unpaired) electrons. The van der Waals surface area contributed by atoms with E-state index in [2.05, 4.69) is 79.3 Å². The second-order valence-electron chi connectivity index (χ2n) is 10.3. The molecule has 0 bridgehead atoms. The van der Waals surface area contributed by atoms with Crippen LogP contribution in [0.15, 0.2) is 54.7 Å². The first-order valence-corrected chi connectivity index (χ1v) is 12.0. The highest BCUT2D eigenvalue weighted by Gasteiger charge is 2.28. The number of ether oxygens (including phenoxy) is 1. The Morgan fingerprint density at radius 3 is 2.79 bits per heavy atom. The van der Waals surface area contributed by atoms with Gasteiger partial charge < -0.3 is 9.72 Å². The smallest absolute Gasteiger partial charge is 0.330 e. The largest absolute Gasteiger partial charge is 0.466 e. The van der Waals surface area contributed by atoms with Gasteiger partial charge in [0.2, 0.25) is 0 Å². The molecule has 2 aromatic carbocycles. The predicted octanol–water partition coefficient (Wildman–Crippen LogP) is 6.32. The maximum atomic E-state index is 11.4. The van der Waals surface area contributed by atoms with Gasteiger partial charge >= 0.3 is 5.97 Å². The van der Waals surface area contributed by atoms with E-state index < -0.39 is 0 Å². The Morgan fingerprint density at radius 2 is 2.00 bits per heavy atom. The fourth-order valence-corrected chi connectivity index (χ4v) is 4.84. The molecule has 4 heteroatoms. The topological polar surface area (TPSA) is 45.3 Å². The molecule has 0 aliphatic heterocycles. The Kier molecular flexibility index (Phi) is 7.04. The summed E-state index contributed by atoms with van der Waals surface area (Å²) in [5.74, 6) is -0.320.